The van der Waals surface area contributed by atoms with Crippen molar-refractivity contribution in [3.05, 3.63) is 36.0 Å². The summed E-state index contributed by atoms with van der Waals surface area (Å²) in [7, 11) is 2.09. The summed E-state index contributed by atoms with van der Waals surface area (Å²) < 4.78 is 40.4. The van der Waals surface area contributed by atoms with Crippen molar-refractivity contribution in [3.63, 3.8) is 0 Å². The lowest BCUT2D eigenvalue weighted by Crippen LogP contribution is -2.40. The molecule has 0 saturated carbocycles. The zero-order valence-electron chi connectivity index (χ0n) is 18.2. The summed E-state index contributed by atoms with van der Waals surface area (Å²) >= 11 is 0. The second-order valence-electron chi connectivity index (χ2n) is 9.51. The van der Waals surface area contributed by atoms with E-state index < -0.39 is 11.7 Å². The van der Waals surface area contributed by atoms with E-state index in [2.05, 4.69) is 28.8 Å². The number of aromatic nitrogens is 1. The largest absolute Gasteiger partial charge is 0.418 e. The maximum Gasteiger partial charge on any atom is 0.418 e. The molecule has 2 aromatic rings. The van der Waals surface area contributed by atoms with Crippen LogP contribution in [0, 0.1) is 17.8 Å². The molecule has 4 nitrogen and oxygen atoms in total. The average Bonchev–Trinajstić information content (AvgIpc) is 3.10. The number of fused-ring (bicyclic) bond motifs is 1. The Labute approximate surface area is 181 Å². The third-order valence-electron chi connectivity index (χ3n) is 6.66. The molecule has 1 aromatic heterocycles. The van der Waals surface area contributed by atoms with Crippen molar-refractivity contribution in [1.82, 2.24) is 9.88 Å². The van der Waals surface area contributed by atoms with Gasteiger partial charge in [0.05, 0.1) is 11.1 Å². The Morgan fingerprint density at radius 2 is 1.90 bits per heavy atom. The van der Waals surface area contributed by atoms with E-state index in [1.165, 1.54) is 6.20 Å². The van der Waals surface area contributed by atoms with Gasteiger partial charge in [0.25, 0.3) is 0 Å². The Kier molecular flexibility index (Phi) is 6.24. The molecule has 2 aliphatic heterocycles. The Bertz CT molecular complexity index is 945. The number of likely N-dealkylation sites (tertiary alicyclic amines) is 1. The number of carbonyl (C=O) groups excluding carboxylic acids is 1. The fraction of sp³-hybridized carbons (Fsp3) is 0.583. The maximum atomic E-state index is 13.5. The zero-order valence-corrected chi connectivity index (χ0v) is 18.2. The summed E-state index contributed by atoms with van der Waals surface area (Å²) in [6, 6.07) is 6.10. The fourth-order valence-corrected chi connectivity index (χ4v) is 5.41. The van der Waals surface area contributed by atoms with E-state index in [0.29, 0.717) is 42.4 Å². The van der Waals surface area contributed by atoms with Gasteiger partial charge in [-0.1, -0.05) is 6.92 Å². The minimum absolute atomic E-state index is 0.0105. The molecule has 0 aliphatic carbocycles. The third kappa shape index (κ3) is 5.03. The number of hydrogen-bond donors (Lipinski definition) is 0. The van der Waals surface area contributed by atoms with Gasteiger partial charge in [0, 0.05) is 49.7 Å². The van der Waals surface area contributed by atoms with Crippen molar-refractivity contribution in [2.24, 2.45) is 17.8 Å². The predicted molar refractivity (Wildman–Crippen MR) is 116 cm³/mol. The van der Waals surface area contributed by atoms with Gasteiger partial charge in [0.15, 0.2) is 0 Å². The van der Waals surface area contributed by atoms with E-state index in [4.69, 9.17) is 0 Å². The van der Waals surface area contributed by atoms with Gasteiger partial charge in [-0.25, -0.2) is 0 Å². The predicted octanol–water partition coefficient (Wildman–Crippen LogP) is 5.02. The van der Waals surface area contributed by atoms with Gasteiger partial charge in [-0.05, 0) is 68.5 Å². The molecular weight excluding hydrogens is 403 g/mol. The number of piperidine rings is 1. The van der Waals surface area contributed by atoms with E-state index in [-0.39, 0.29) is 11.4 Å². The number of hydrogen-bond acceptors (Lipinski definition) is 4. The Morgan fingerprint density at radius 3 is 2.61 bits per heavy atom. The van der Waals surface area contributed by atoms with E-state index >= 15 is 0 Å². The number of rotatable bonds is 5. The third-order valence-corrected chi connectivity index (χ3v) is 6.66. The monoisotopic (exact) mass is 433 g/mol. The molecule has 2 aliphatic rings. The normalized spacial score (nSPS) is 25.3. The van der Waals surface area contributed by atoms with Crippen LogP contribution >= 0.6 is 0 Å². The molecule has 31 heavy (non-hydrogen) atoms. The molecule has 3 atom stereocenters. The molecule has 7 heteroatoms. The number of anilines is 1. The lowest BCUT2D eigenvalue weighted by molar-refractivity contribution is -0.136. The number of halogens is 3. The first-order chi connectivity index (χ1) is 14.7. The lowest BCUT2D eigenvalue weighted by atomic mass is 9.85. The summed E-state index contributed by atoms with van der Waals surface area (Å²) in [6.07, 6.45) is 0.218. The van der Waals surface area contributed by atoms with Gasteiger partial charge in [0.2, 0.25) is 0 Å². The number of benzene rings is 1. The van der Waals surface area contributed by atoms with Crippen LogP contribution in [0.2, 0.25) is 0 Å². The Hall–Kier alpha value is -2.15. The van der Waals surface area contributed by atoms with E-state index in [1.807, 2.05) is 0 Å². The molecule has 168 valence electrons. The van der Waals surface area contributed by atoms with Crippen molar-refractivity contribution in [2.45, 2.75) is 38.8 Å². The van der Waals surface area contributed by atoms with Crippen LogP contribution in [0.3, 0.4) is 0 Å². The SMILES string of the molecule is C[C@H]1C[C@@H](CC(=O)CC2CCN(C)C2)CN(c2ccc(C(F)(F)F)c3ncccc23)C1. The van der Waals surface area contributed by atoms with Crippen molar-refractivity contribution < 1.29 is 18.0 Å². The molecule has 0 radical (unpaired) electrons. The van der Waals surface area contributed by atoms with Crippen molar-refractivity contribution in [1.29, 1.82) is 0 Å². The highest BCUT2D eigenvalue weighted by Crippen LogP contribution is 2.39. The second-order valence-corrected chi connectivity index (χ2v) is 9.51. The van der Waals surface area contributed by atoms with Crippen LogP contribution < -0.4 is 4.90 Å². The smallest absolute Gasteiger partial charge is 0.370 e. The van der Waals surface area contributed by atoms with Gasteiger partial charge in [-0.2, -0.15) is 13.2 Å². The summed E-state index contributed by atoms with van der Waals surface area (Å²) in [5.74, 6) is 1.38. The maximum absolute atomic E-state index is 13.5. The molecule has 0 amide bonds. The molecule has 3 heterocycles. The highest BCUT2D eigenvalue weighted by atomic mass is 19.4. The number of pyridine rings is 1. The summed E-state index contributed by atoms with van der Waals surface area (Å²) in [6.45, 7) is 5.66. The molecule has 1 unspecified atom stereocenters. The van der Waals surface area contributed by atoms with Crippen LogP contribution in [0.15, 0.2) is 30.5 Å². The second kappa shape index (κ2) is 8.77. The van der Waals surface area contributed by atoms with Gasteiger partial charge in [-0.3, -0.25) is 9.78 Å². The molecule has 0 N–H and O–H groups in total. The van der Waals surface area contributed by atoms with Crippen molar-refractivity contribution in [3.8, 4) is 0 Å². The number of alkyl halides is 3. The fourth-order valence-electron chi connectivity index (χ4n) is 5.41. The van der Waals surface area contributed by atoms with Crippen LogP contribution in [0.5, 0.6) is 0 Å². The van der Waals surface area contributed by atoms with Crippen LogP contribution in [0.25, 0.3) is 10.9 Å². The summed E-state index contributed by atoms with van der Waals surface area (Å²) in [4.78, 5) is 21.2. The number of Topliss-reactive ketones (excluding diaryl/α,β-unsaturated/α-hetero) is 1. The number of nitrogens with zero attached hydrogens (tertiary/aromatic N) is 3. The molecule has 2 fully saturated rings. The van der Waals surface area contributed by atoms with Crippen molar-refractivity contribution in [2.75, 3.05) is 38.1 Å². The van der Waals surface area contributed by atoms with Crippen molar-refractivity contribution >= 4 is 22.4 Å². The Balaban J connectivity index is 1.52. The molecule has 4 rings (SSSR count). The highest BCUT2D eigenvalue weighted by Gasteiger charge is 2.35. The van der Waals surface area contributed by atoms with Crippen LogP contribution in [-0.2, 0) is 11.0 Å². The van der Waals surface area contributed by atoms with Crippen LogP contribution in [0.1, 0.15) is 38.2 Å². The van der Waals surface area contributed by atoms with Gasteiger partial charge in [-0.15, -0.1) is 0 Å². The van der Waals surface area contributed by atoms with E-state index in [1.54, 1.807) is 18.2 Å². The van der Waals surface area contributed by atoms with Crippen LogP contribution in [0.4, 0.5) is 18.9 Å². The standard InChI is InChI=1S/C24H30F3N3O/c1-16-10-18(12-19(31)11-17-7-9-29(2)14-17)15-30(13-16)22-6-5-21(24(25,26)27)23-20(22)4-3-8-28-23/h3-6,8,16-18H,7,9-15H2,1-2H3/t16-,17?,18-/m0/s1. The Morgan fingerprint density at radius 1 is 1.13 bits per heavy atom. The summed E-state index contributed by atoms with van der Waals surface area (Å²) in [5, 5.41) is 0.519. The number of carbonyl (C=O) groups is 1. The van der Waals surface area contributed by atoms with E-state index in [0.717, 1.165) is 44.2 Å². The topological polar surface area (TPSA) is 36.4 Å². The van der Waals surface area contributed by atoms with Gasteiger partial charge < -0.3 is 9.80 Å². The molecule has 0 spiro atoms. The van der Waals surface area contributed by atoms with Crippen LogP contribution in [-0.4, -0.2) is 48.9 Å². The van der Waals surface area contributed by atoms with Gasteiger partial charge >= 0.3 is 6.18 Å². The molecule has 1 aromatic carbocycles. The number of ketones is 1. The first-order valence-electron chi connectivity index (χ1n) is 11.1. The molecule has 0 bridgehead atoms. The first kappa shape index (κ1) is 22.1. The lowest BCUT2D eigenvalue weighted by Gasteiger charge is -2.38. The minimum Gasteiger partial charge on any atom is -0.370 e. The quantitative estimate of drug-likeness (QED) is 0.664. The average molecular weight is 434 g/mol. The van der Waals surface area contributed by atoms with Gasteiger partial charge in [0.1, 0.15) is 5.78 Å². The summed E-state index contributed by atoms with van der Waals surface area (Å²) in [5.41, 5.74) is 0.0615. The molecule has 2 saturated heterocycles. The highest BCUT2D eigenvalue weighted by molar-refractivity contribution is 5.94. The first-order valence-corrected chi connectivity index (χ1v) is 11.1. The minimum atomic E-state index is -4.44. The molecular formula is C24H30F3N3O. The zero-order chi connectivity index (χ0) is 22.2. The van der Waals surface area contributed by atoms with E-state index in [9.17, 15) is 18.0 Å².